The number of ether oxygens (including phenoxy) is 1. The lowest BCUT2D eigenvalue weighted by Gasteiger charge is -2.28. The van der Waals surface area contributed by atoms with Crippen molar-refractivity contribution in [3.63, 3.8) is 0 Å². The van der Waals surface area contributed by atoms with E-state index in [-0.39, 0.29) is 23.6 Å². The van der Waals surface area contributed by atoms with Gasteiger partial charge in [0.15, 0.2) is 0 Å². The van der Waals surface area contributed by atoms with Crippen LogP contribution in [0.1, 0.15) is 31.2 Å². The molecular formula is C15H20N2O4. The zero-order valence-corrected chi connectivity index (χ0v) is 12.3. The van der Waals surface area contributed by atoms with E-state index in [1.54, 1.807) is 12.1 Å². The van der Waals surface area contributed by atoms with Crippen molar-refractivity contribution in [3.05, 3.63) is 33.9 Å². The maximum Gasteiger partial charge on any atom is 0.308 e. The van der Waals surface area contributed by atoms with Gasteiger partial charge >= 0.3 is 5.97 Å². The van der Waals surface area contributed by atoms with Crippen LogP contribution in [0.2, 0.25) is 0 Å². The molecule has 1 saturated carbocycles. The van der Waals surface area contributed by atoms with E-state index in [1.165, 1.54) is 13.2 Å². The van der Waals surface area contributed by atoms with Crippen LogP contribution in [0.15, 0.2) is 18.2 Å². The number of aryl methyl sites for hydroxylation is 1. The third kappa shape index (κ3) is 3.71. The van der Waals surface area contributed by atoms with E-state index in [1.807, 2.05) is 6.92 Å². The summed E-state index contributed by atoms with van der Waals surface area (Å²) < 4.78 is 4.77. The molecule has 21 heavy (non-hydrogen) atoms. The van der Waals surface area contributed by atoms with Crippen molar-refractivity contribution in [3.8, 4) is 0 Å². The lowest BCUT2D eigenvalue weighted by Crippen LogP contribution is -2.30. The first-order chi connectivity index (χ1) is 10.0. The van der Waals surface area contributed by atoms with E-state index in [0.29, 0.717) is 0 Å². The number of non-ortho nitro benzene ring substituents is 1. The average molecular weight is 292 g/mol. The minimum absolute atomic E-state index is 0.0146. The van der Waals surface area contributed by atoms with E-state index in [9.17, 15) is 14.9 Å². The predicted octanol–water partition coefficient (Wildman–Crippen LogP) is 3.05. The molecule has 1 aromatic carbocycles. The molecule has 1 aliphatic rings. The van der Waals surface area contributed by atoms with Crippen molar-refractivity contribution in [2.75, 3.05) is 12.4 Å². The molecule has 6 nitrogen and oxygen atoms in total. The second-order valence-electron chi connectivity index (χ2n) is 5.47. The first-order valence-corrected chi connectivity index (χ1v) is 7.10. The summed E-state index contributed by atoms with van der Waals surface area (Å²) in [4.78, 5) is 21.9. The second kappa shape index (κ2) is 6.56. The number of nitro benzene ring substituents is 1. The minimum atomic E-state index is -0.390. The molecule has 0 radical (unpaired) electrons. The van der Waals surface area contributed by atoms with Crippen LogP contribution in [0.5, 0.6) is 0 Å². The smallest absolute Gasteiger partial charge is 0.308 e. The molecule has 1 aliphatic carbocycles. The minimum Gasteiger partial charge on any atom is -0.469 e. The Morgan fingerprint density at radius 3 is 2.57 bits per heavy atom. The summed E-state index contributed by atoms with van der Waals surface area (Å²) in [5, 5.41) is 14.2. The molecule has 0 unspecified atom stereocenters. The lowest BCUT2D eigenvalue weighted by atomic mass is 9.86. The Kier molecular flexibility index (Phi) is 4.77. The van der Waals surface area contributed by atoms with Crippen molar-refractivity contribution in [2.24, 2.45) is 5.92 Å². The highest BCUT2D eigenvalue weighted by atomic mass is 16.6. The molecule has 0 spiro atoms. The Hall–Kier alpha value is -2.11. The van der Waals surface area contributed by atoms with Crippen LogP contribution in [0.4, 0.5) is 11.4 Å². The van der Waals surface area contributed by atoms with Crippen LogP contribution >= 0.6 is 0 Å². The van der Waals surface area contributed by atoms with Gasteiger partial charge in [0.1, 0.15) is 0 Å². The summed E-state index contributed by atoms with van der Waals surface area (Å²) in [6.45, 7) is 1.92. The monoisotopic (exact) mass is 292 g/mol. The summed E-state index contributed by atoms with van der Waals surface area (Å²) in [6, 6.07) is 5.07. The molecule has 0 amide bonds. The number of rotatable bonds is 4. The van der Waals surface area contributed by atoms with Crippen LogP contribution in [0.3, 0.4) is 0 Å². The Bertz CT molecular complexity index is 536. The van der Waals surface area contributed by atoms with E-state index in [4.69, 9.17) is 4.74 Å². The zero-order valence-electron chi connectivity index (χ0n) is 12.3. The highest BCUT2D eigenvalue weighted by Gasteiger charge is 2.27. The van der Waals surface area contributed by atoms with Gasteiger partial charge in [0.2, 0.25) is 0 Å². The van der Waals surface area contributed by atoms with Gasteiger partial charge in [-0.3, -0.25) is 14.9 Å². The largest absolute Gasteiger partial charge is 0.469 e. The van der Waals surface area contributed by atoms with Crippen LogP contribution in [-0.2, 0) is 9.53 Å². The summed E-state index contributed by atoms with van der Waals surface area (Å²) in [7, 11) is 1.42. The topological polar surface area (TPSA) is 81.5 Å². The molecule has 0 saturated heterocycles. The van der Waals surface area contributed by atoms with Crippen LogP contribution in [0, 0.1) is 23.0 Å². The quantitative estimate of drug-likeness (QED) is 0.524. The van der Waals surface area contributed by atoms with Crippen LogP contribution in [0.25, 0.3) is 0 Å². The number of benzene rings is 1. The predicted molar refractivity (Wildman–Crippen MR) is 79.2 cm³/mol. The summed E-state index contributed by atoms with van der Waals surface area (Å²) in [5.41, 5.74) is 1.87. The second-order valence-corrected chi connectivity index (χ2v) is 5.47. The van der Waals surface area contributed by atoms with Gasteiger partial charge in [-0.25, -0.2) is 0 Å². The van der Waals surface area contributed by atoms with Gasteiger partial charge in [-0.15, -0.1) is 0 Å². The van der Waals surface area contributed by atoms with Gasteiger partial charge in [-0.05, 0) is 38.2 Å². The summed E-state index contributed by atoms with van der Waals surface area (Å²) in [6.07, 6.45) is 3.31. The first-order valence-electron chi connectivity index (χ1n) is 7.10. The third-order valence-electron chi connectivity index (χ3n) is 4.05. The number of nitro groups is 1. The van der Waals surface area contributed by atoms with Crippen molar-refractivity contribution in [1.82, 2.24) is 0 Å². The maximum atomic E-state index is 11.5. The molecule has 0 heterocycles. The van der Waals surface area contributed by atoms with Gasteiger partial charge in [-0.2, -0.15) is 0 Å². The number of hydrogen-bond donors (Lipinski definition) is 1. The van der Waals surface area contributed by atoms with Crippen molar-refractivity contribution < 1.29 is 14.5 Å². The van der Waals surface area contributed by atoms with Gasteiger partial charge in [0.25, 0.3) is 5.69 Å². The van der Waals surface area contributed by atoms with Crippen LogP contribution in [-0.4, -0.2) is 24.0 Å². The summed E-state index contributed by atoms with van der Waals surface area (Å²) in [5.74, 6) is -0.153. The molecule has 0 aliphatic heterocycles. The van der Waals surface area contributed by atoms with E-state index in [0.717, 1.165) is 36.9 Å². The Labute approximate surface area is 123 Å². The number of methoxy groups -OCH3 is 1. The normalized spacial score (nSPS) is 21.6. The summed E-state index contributed by atoms with van der Waals surface area (Å²) >= 11 is 0. The molecule has 0 bridgehead atoms. The van der Waals surface area contributed by atoms with Crippen molar-refractivity contribution >= 4 is 17.3 Å². The first kappa shape index (κ1) is 15.3. The molecule has 1 N–H and O–H groups in total. The Morgan fingerprint density at radius 2 is 2.00 bits per heavy atom. The number of esters is 1. The van der Waals surface area contributed by atoms with Gasteiger partial charge in [0, 0.05) is 23.9 Å². The molecule has 0 aromatic heterocycles. The van der Waals surface area contributed by atoms with E-state index in [2.05, 4.69) is 5.32 Å². The van der Waals surface area contributed by atoms with Crippen molar-refractivity contribution in [1.29, 1.82) is 0 Å². The van der Waals surface area contributed by atoms with Gasteiger partial charge < -0.3 is 10.1 Å². The Morgan fingerprint density at radius 1 is 1.33 bits per heavy atom. The number of nitrogens with zero attached hydrogens (tertiary/aromatic N) is 1. The van der Waals surface area contributed by atoms with E-state index >= 15 is 0 Å². The van der Waals surface area contributed by atoms with Gasteiger partial charge in [-0.1, -0.05) is 6.07 Å². The number of anilines is 1. The van der Waals surface area contributed by atoms with E-state index < -0.39 is 4.92 Å². The fourth-order valence-corrected chi connectivity index (χ4v) is 2.74. The lowest BCUT2D eigenvalue weighted by molar-refractivity contribution is -0.384. The number of carbonyl (C=O) groups is 1. The molecular weight excluding hydrogens is 272 g/mol. The highest BCUT2D eigenvalue weighted by Crippen LogP contribution is 2.29. The molecule has 114 valence electrons. The Balaban J connectivity index is 1.99. The standard InChI is InChI=1S/C15H20N2O4/c1-10-3-8-13(17(19)20)9-14(10)16-12-6-4-11(5-7-12)15(18)21-2/h3,8-9,11-12,16H,4-7H2,1-2H3. The number of nitrogens with one attached hydrogen (secondary N) is 1. The maximum absolute atomic E-state index is 11.5. The van der Waals surface area contributed by atoms with Crippen LogP contribution < -0.4 is 5.32 Å². The van der Waals surface area contributed by atoms with Gasteiger partial charge in [0.05, 0.1) is 18.0 Å². The fraction of sp³-hybridized carbons (Fsp3) is 0.533. The molecule has 1 fully saturated rings. The number of hydrogen-bond acceptors (Lipinski definition) is 5. The molecule has 0 atom stereocenters. The zero-order chi connectivity index (χ0) is 15.4. The van der Waals surface area contributed by atoms with Crippen molar-refractivity contribution in [2.45, 2.75) is 38.6 Å². The number of carbonyl (C=O) groups excluding carboxylic acids is 1. The molecule has 2 rings (SSSR count). The molecule has 6 heteroatoms. The fourth-order valence-electron chi connectivity index (χ4n) is 2.74. The third-order valence-corrected chi connectivity index (χ3v) is 4.05. The highest BCUT2D eigenvalue weighted by molar-refractivity contribution is 5.72. The SMILES string of the molecule is COC(=O)C1CCC(Nc2cc([N+](=O)[O-])ccc2C)CC1. The average Bonchev–Trinajstić information content (AvgIpc) is 2.49. The molecule has 1 aromatic rings.